The molecule has 0 atom stereocenters. The molecule has 1 aromatic rings. The fourth-order valence-electron chi connectivity index (χ4n) is 0.644. The summed E-state index contributed by atoms with van der Waals surface area (Å²) in [6, 6.07) is 2.76. The Morgan fingerprint density at radius 2 is 2.30 bits per heavy atom. The molecule has 0 aliphatic heterocycles. The second-order valence-electron chi connectivity index (χ2n) is 1.83. The van der Waals surface area contributed by atoms with Gasteiger partial charge in [-0.1, -0.05) is 11.6 Å². The molecule has 0 aliphatic rings. The molecule has 0 fully saturated rings. The molecule has 3 nitrogen and oxygen atoms in total. The van der Waals surface area contributed by atoms with E-state index in [-0.39, 0.29) is 5.43 Å². The molecule has 1 rings (SSSR count). The lowest BCUT2D eigenvalue weighted by atomic mass is 10.4. The van der Waals surface area contributed by atoms with E-state index in [9.17, 15) is 4.79 Å². The van der Waals surface area contributed by atoms with Gasteiger partial charge in [0, 0.05) is 19.2 Å². The summed E-state index contributed by atoms with van der Waals surface area (Å²) < 4.78 is 0. The minimum absolute atomic E-state index is 0.104. The molecular formula is C6H7ClN2O. The number of aromatic nitrogens is 1. The van der Waals surface area contributed by atoms with Gasteiger partial charge in [0.25, 0.3) is 0 Å². The highest BCUT2D eigenvalue weighted by Gasteiger charge is 1.92. The minimum atomic E-state index is -0.104. The monoisotopic (exact) mass is 158 g/mol. The Balaban J connectivity index is 3.19. The van der Waals surface area contributed by atoms with Gasteiger partial charge in [0.1, 0.15) is 11.0 Å². The van der Waals surface area contributed by atoms with Crippen LogP contribution in [0.25, 0.3) is 0 Å². The normalized spacial score (nSPS) is 9.40. The average molecular weight is 159 g/mol. The summed E-state index contributed by atoms with van der Waals surface area (Å²) in [6.07, 6.45) is 0. The van der Waals surface area contributed by atoms with Gasteiger partial charge in [-0.25, -0.2) is 0 Å². The molecule has 0 amide bonds. The summed E-state index contributed by atoms with van der Waals surface area (Å²) in [5, 5.41) is 3.11. The standard InChI is InChI=1S/C6H7ClN2O/c1-8-6-3-4(10)2-5(7)9-6/h2-3H,1H3,(H2,8,9,10). The van der Waals surface area contributed by atoms with Crippen molar-refractivity contribution in [1.29, 1.82) is 0 Å². The van der Waals surface area contributed by atoms with Crippen LogP contribution in [0.2, 0.25) is 5.15 Å². The summed E-state index contributed by atoms with van der Waals surface area (Å²) in [4.78, 5) is 13.5. The van der Waals surface area contributed by atoms with Gasteiger partial charge >= 0.3 is 0 Å². The molecule has 0 aromatic carbocycles. The van der Waals surface area contributed by atoms with Crippen molar-refractivity contribution < 1.29 is 0 Å². The average Bonchev–Trinajstić information content (AvgIpc) is 1.85. The van der Waals surface area contributed by atoms with Gasteiger partial charge in [-0.2, -0.15) is 0 Å². The molecule has 0 saturated carbocycles. The van der Waals surface area contributed by atoms with Crippen molar-refractivity contribution in [1.82, 2.24) is 4.98 Å². The summed E-state index contributed by atoms with van der Waals surface area (Å²) in [5.74, 6) is 0.623. The van der Waals surface area contributed by atoms with Crippen LogP contribution < -0.4 is 10.7 Å². The van der Waals surface area contributed by atoms with E-state index < -0.39 is 0 Å². The Morgan fingerprint density at radius 1 is 1.60 bits per heavy atom. The third kappa shape index (κ3) is 1.51. The topological polar surface area (TPSA) is 44.9 Å². The van der Waals surface area contributed by atoms with Crippen molar-refractivity contribution in [2.45, 2.75) is 0 Å². The molecule has 10 heavy (non-hydrogen) atoms. The van der Waals surface area contributed by atoms with E-state index in [1.165, 1.54) is 12.1 Å². The minimum Gasteiger partial charge on any atom is -0.375 e. The zero-order valence-corrected chi connectivity index (χ0v) is 6.20. The third-order valence-corrected chi connectivity index (χ3v) is 1.28. The number of hydrogen-bond acceptors (Lipinski definition) is 2. The van der Waals surface area contributed by atoms with Crippen LogP contribution in [0.5, 0.6) is 0 Å². The molecule has 0 unspecified atom stereocenters. The van der Waals surface area contributed by atoms with Crippen LogP contribution >= 0.6 is 11.6 Å². The molecule has 0 bridgehead atoms. The van der Waals surface area contributed by atoms with Crippen molar-refractivity contribution in [3.63, 3.8) is 0 Å². The zero-order valence-electron chi connectivity index (χ0n) is 5.44. The van der Waals surface area contributed by atoms with Crippen molar-refractivity contribution >= 4 is 17.4 Å². The van der Waals surface area contributed by atoms with Crippen LogP contribution in [0, 0.1) is 0 Å². The lowest BCUT2D eigenvalue weighted by Crippen LogP contribution is -2.02. The van der Waals surface area contributed by atoms with E-state index in [4.69, 9.17) is 11.6 Å². The number of halogens is 1. The Kier molecular flexibility index (Phi) is 1.97. The smallest absolute Gasteiger partial charge is 0.185 e. The largest absolute Gasteiger partial charge is 0.375 e. The lowest BCUT2D eigenvalue weighted by Gasteiger charge is -1.97. The van der Waals surface area contributed by atoms with Crippen LogP contribution in [0.3, 0.4) is 0 Å². The first kappa shape index (κ1) is 7.15. The van der Waals surface area contributed by atoms with E-state index in [2.05, 4.69) is 10.3 Å². The maximum atomic E-state index is 10.7. The molecule has 0 spiro atoms. The first-order chi connectivity index (χ1) is 4.72. The van der Waals surface area contributed by atoms with Crippen LogP contribution in [-0.2, 0) is 0 Å². The first-order valence-corrected chi connectivity index (χ1v) is 3.18. The highest BCUT2D eigenvalue weighted by Crippen LogP contribution is 2.03. The summed E-state index contributed by atoms with van der Waals surface area (Å²) in [6.45, 7) is 0. The van der Waals surface area contributed by atoms with E-state index in [1.807, 2.05) is 0 Å². The van der Waals surface area contributed by atoms with Gasteiger partial charge in [-0.05, 0) is 0 Å². The van der Waals surface area contributed by atoms with Gasteiger partial charge in [-0.3, -0.25) is 4.79 Å². The summed E-state index contributed by atoms with van der Waals surface area (Å²) >= 11 is 5.53. The molecule has 1 aromatic heterocycles. The van der Waals surface area contributed by atoms with Gasteiger partial charge in [0.05, 0.1) is 0 Å². The molecule has 0 saturated heterocycles. The van der Waals surface area contributed by atoms with Crippen molar-refractivity contribution in [2.75, 3.05) is 12.4 Å². The Labute approximate surface area is 63.0 Å². The Hall–Kier alpha value is -0.960. The first-order valence-electron chi connectivity index (χ1n) is 2.80. The molecular weight excluding hydrogens is 152 g/mol. The van der Waals surface area contributed by atoms with Gasteiger partial charge in [0.15, 0.2) is 5.43 Å². The molecule has 2 N–H and O–H groups in total. The zero-order chi connectivity index (χ0) is 7.56. The van der Waals surface area contributed by atoms with Crippen molar-refractivity contribution in [3.05, 3.63) is 27.5 Å². The highest BCUT2D eigenvalue weighted by molar-refractivity contribution is 6.29. The van der Waals surface area contributed by atoms with Crippen LogP contribution in [0.15, 0.2) is 16.9 Å². The second kappa shape index (κ2) is 2.75. The summed E-state index contributed by atoms with van der Waals surface area (Å²) in [7, 11) is 1.71. The van der Waals surface area contributed by atoms with E-state index in [0.29, 0.717) is 11.0 Å². The van der Waals surface area contributed by atoms with Crippen LogP contribution in [0.4, 0.5) is 5.82 Å². The van der Waals surface area contributed by atoms with Crippen LogP contribution in [0.1, 0.15) is 0 Å². The van der Waals surface area contributed by atoms with Crippen molar-refractivity contribution in [2.24, 2.45) is 0 Å². The van der Waals surface area contributed by atoms with Crippen molar-refractivity contribution in [3.8, 4) is 0 Å². The number of nitrogens with one attached hydrogen (secondary N) is 2. The Morgan fingerprint density at radius 3 is 2.80 bits per heavy atom. The maximum absolute atomic E-state index is 10.7. The third-order valence-electron chi connectivity index (χ3n) is 1.08. The second-order valence-corrected chi connectivity index (χ2v) is 2.23. The lowest BCUT2D eigenvalue weighted by molar-refractivity contribution is 1.27. The molecule has 1 heterocycles. The molecule has 4 heteroatoms. The number of hydrogen-bond donors (Lipinski definition) is 2. The van der Waals surface area contributed by atoms with E-state index in [0.717, 1.165) is 0 Å². The quantitative estimate of drug-likeness (QED) is 0.601. The fraction of sp³-hybridized carbons (Fsp3) is 0.167. The van der Waals surface area contributed by atoms with Gasteiger partial charge < -0.3 is 10.3 Å². The van der Waals surface area contributed by atoms with E-state index >= 15 is 0 Å². The number of anilines is 1. The predicted octanol–water partition coefficient (Wildman–Crippen LogP) is 1.07. The number of rotatable bonds is 1. The number of aromatic amines is 1. The molecule has 54 valence electrons. The number of H-pyrrole nitrogens is 1. The SMILES string of the molecule is CNc1cc(=O)cc(Cl)[nH]1. The molecule has 0 aliphatic carbocycles. The highest BCUT2D eigenvalue weighted by atomic mass is 35.5. The predicted molar refractivity (Wildman–Crippen MR) is 41.6 cm³/mol. The Bertz CT molecular complexity index is 281. The maximum Gasteiger partial charge on any atom is 0.185 e. The fourth-order valence-corrected chi connectivity index (χ4v) is 0.854. The van der Waals surface area contributed by atoms with E-state index in [1.54, 1.807) is 7.05 Å². The number of pyridine rings is 1. The molecule has 0 radical (unpaired) electrons. The summed E-state index contributed by atoms with van der Waals surface area (Å²) in [5.41, 5.74) is -0.104. The van der Waals surface area contributed by atoms with Crippen LogP contribution in [-0.4, -0.2) is 12.0 Å². The van der Waals surface area contributed by atoms with Gasteiger partial charge in [-0.15, -0.1) is 0 Å². The van der Waals surface area contributed by atoms with Gasteiger partial charge in [0.2, 0.25) is 0 Å².